The van der Waals surface area contributed by atoms with Gasteiger partial charge in [-0.05, 0) is 24.5 Å². The number of anilines is 1. The molecule has 1 heterocycles. The molecule has 15 heavy (non-hydrogen) atoms. The van der Waals surface area contributed by atoms with Crippen LogP contribution in [-0.2, 0) is 0 Å². The van der Waals surface area contributed by atoms with Gasteiger partial charge in [-0.15, -0.1) is 11.8 Å². The summed E-state index contributed by atoms with van der Waals surface area (Å²) in [5.41, 5.74) is 2.40. The number of aliphatic imine (C=N–C) groups is 1. The monoisotopic (exact) mass is 218 g/mol. The van der Waals surface area contributed by atoms with E-state index in [9.17, 15) is 0 Å². The lowest BCUT2D eigenvalue weighted by atomic mass is 10.2. The summed E-state index contributed by atoms with van der Waals surface area (Å²) >= 11 is 1.69. The molecule has 1 N–H and O–H groups in total. The zero-order valence-electron chi connectivity index (χ0n) is 8.73. The van der Waals surface area contributed by atoms with Crippen LogP contribution in [0, 0.1) is 0 Å². The highest BCUT2D eigenvalue weighted by Gasteiger charge is 2.05. The Hall–Kier alpha value is -1.22. The first-order chi connectivity index (χ1) is 7.38. The molecule has 0 unspecified atom stereocenters. The minimum absolute atomic E-state index is 0.891. The topological polar surface area (TPSA) is 24.4 Å². The van der Waals surface area contributed by atoms with Crippen molar-refractivity contribution in [1.82, 2.24) is 0 Å². The maximum atomic E-state index is 4.40. The number of thioether (sulfide) groups is 1. The van der Waals surface area contributed by atoms with Gasteiger partial charge in [-0.2, -0.15) is 0 Å². The fraction of sp³-hybridized carbons (Fsp3) is 0.250. The third kappa shape index (κ3) is 2.86. The van der Waals surface area contributed by atoms with Crippen LogP contribution in [-0.4, -0.2) is 17.8 Å². The lowest BCUT2D eigenvalue weighted by Gasteiger charge is -2.14. The maximum Gasteiger partial charge on any atom is 0.0919 e. The number of hydrogen-bond donors (Lipinski definition) is 1. The van der Waals surface area contributed by atoms with Crippen LogP contribution in [0.1, 0.15) is 6.42 Å². The molecule has 0 aliphatic carbocycles. The predicted molar refractivity (Wildman–Crippen MR) is 68.6 cm³/mol. The minimum atomic E-state index is 0.891. The molecule has 0 amide bonds. The summed E-state index contributed by atoms with van der Waals surface area (Å²) in [7, 11) is 0. The van der Waals surface area contributed by atoms with Crippen LogP contribution in [0.2, 0.25) is 0 Å². The number of nitrogens with one attached hydrogen (secondary N) is 1. The summed E-state index contributed by atoms with van der Waals surface area (Å²) in [4.78, 5) is 4.40. The molecule has 3 heteroatoms. The van der Waals surface area contributed by atoms with Gasteiger partial charge in [0.05, 0.1) is 5.04 Å². The normalized spacial score (nSPS) is 15.5. The average Bonchev–Trinajstić information content (AvgIpc) is 2.31. The minimum Gasteiger partial charge on any atom is -0.359 e. The van der Waals surface area contributed by atoms with Crippen LogP contribution in [0.3, 0.4) is 0 Å². The second kappa shape index (κ2) is 5.03. The van der Waals surface area contributed by atoms with Crippen molar-refractivity contribution in [3.63, 3.8) is 0 Å². The zero-order chi connectivity index (χ0) is 10.5. The molecule has 0 atom stereocenters. The molecule has 0 radical (unpaired) electrons. The van der Waals surface area contributed by atoms with E-state index in [2.05, 4.69) is 34.8 Å². The van der Waals surface area contributed by atoms with Crippen LogP contribution < -0.4 is 5.32 Å². The van der Waals surface area contributed by atoms with Crippen molar-refractivity contribution < 1.29 is 0 Å². The maximum absolute atomic E-state index is 4.40. The Bertz CT molecular complexity index is 382. The number of dihydropyridines is 1. The highest BCUT2D eigenvalue weighted by Crippen LogP contribution is 2.16. The summed E-state index contributed by atoms with van der Waals surface area (Å²) in [5.74, 6) is 0. The Kier molecular flexibility index (Phi) is 3.45. The molecule has 0 aromatic heterocycles. The fourth-order valence-electron chi connectivity index (χ4n) is 1.48. The molecule has 2 nitrogen and oxygen atoms in total. The standard InChI is InChI=1S/C12H14N2S/c1-15-12-9-11(7-8-13-12)14-10-5-3-2-4-6-10/h2-6,9,14H,7-8H2,1H3. The van der Waals surface area contributed by atoms with E-state index in [0.29, 0.717) is 0 Å². The van der Waals surface area contributed by atoms with E-state index in [1.54, 1.807) is 11.8 Å². The lowest BCUT2D eigenvalue weighted by molar-refractivity contribution is 0.945. The molecule has 2 rings (SSSR count). The van der Waals surface area contributed by atoms with E-state index in [0.717, 1.165) is 23.7 Å². The average molecular weight is 218 g/mol. The van der Waals surface area contributed by atoms with Crippen molar-refractivity contribution in [2.75, 3.05) is 18.1 Å². The van der Waals surface area contributed by atoms with Gasteiger partial charge in [-0.1, -0.05) is 18.2 Å². The summed E-state index contributed by atoms with van der Waals surface area (Å²) < 4.78 is 0. The van der Waals surface area contributed by atoms with Crippen molar-refractivity contribution in [3.8, 4) is 0 Å². The van der Waals surface area contributed by atoms with Gasteiger partial charge in [0.2, 0.25) is 0 Å². The van der Waals surface area contributed by atoms with Crippen LogP contribution >= 0.6 is 11.8 Å². The summed E-state index contributed by atoms with van der Waals surface area (Å²) in [6.45, 7) is 0.891. The molecule has 1 aliphatic heterocycles. The molecule has 0 fully saturated rings. The summed E-state index contributed by atoms with van der Waals surface area (Å²) in [5, 5.41) is 4.52. The van der Waals surface area contributed by atoms with Gasteiger partial charge in [0.1, 0.15) is 0 Å². The Balaban J connectivity index is 2.07. The Morgan fingerprint density at radius 3 is 2.80 bits per heavy atom. The Labute approximate surface area is 94.5 Å². The van der Waals surface area contributed by atoms with Crippen LogP contribution in [0.4, 0.5) is 5.69 Å². The molecular weight excluding hydrogens is 204 g/mol. The van der Waals surface area contributed by atoms with Crippen LogP contribution in [0.5, 0.6) is 0 Å². The third-order valence-electron chi connectivity index (χ3n) is 2.23. The summed E-state index contributed by atoms with van der Waals surface area (Å²) in [6.07, 6.45) is 5.18. The van der Waals surface area contributed by atoms with Gasteiger partial charge < -0.3 is 5.32 Å². The predicted octanol–water partition coefficient (Wildman–Crippen LogP) is 3.15. The molecule has 0 bridgehead atoms. The Morgan fingerprint density at radius 1 is 1.27 bits per heavy atom. The second-order valence-corrected chi connectivity index (χ2v) is 4.16. The van der Waals surface area contributed by atoms with Crippen LogP contribution in [0.15, 0.2) is 47.1 Å². The quantitative estimate of drug-likeness (QED) is 0.824. The molecule has 1 aliphatic rings. The van der Waals surface area contributed by atoms with Gasteiger partial charge in [0.15, 0.2) is 0 Å². The highest BCUT2D eigenvalue weighted by molar-refractivity contribution is 8.13. The van der Waals surface area contributed by atoms with Crippen molar-refractivity contribution in [1.29, 1.82) is 0 Å². The molecule has 0 spiro atoms. The first-order valence-corrected chi connectivity index (χ1v) is 6.22. The van der Waals surface area contributed by atoms with Gasteiger partial charge in [0, 0.05) is 24.4 Å². The fourth-order valence-corrected chi connectivity index (χ4v) is 1.96. The van der Waals surface area contributed by atoms with E-state index in [1.807, 2.05) is 18.2 Å². The molecule has 0 saturated carbocycles. The van der Waals surface area contributed by atoms with Crippen molar-refractivity contribution >= 4 is 22.5 Å². The van der Waals surface area contributed by atoms with Crippen LogP contribution in [0.25, 0.3) is 0 Å². The number of rotatable bonds is 2. The zero-order valence-corrected chi connectivity index (χ0v) is 9.55. The number of para-hydroxylation sites is 1. The summed E-state index contributed by atoms with van der Waals surface area (Å²) in [6, 6.07) is 10.2. The number of hydrogen-bond acceptors (Lipinski definition) is 3. The second-order valence-electron chi connectivity index (χ2n) is 3.33. The lowest BCUT2D eigenvalue weighted by Crippen LogP contribution is -2.08. The highest BCUT2D eigenvalue weighted by atomic mass is 32.2. The van der Waals surface area contributed by atoms with E-state index >= 15 is 0 Å². The molecule has 0 saturated heterocycles. The molecule has 1 aromatic rings. The van der Waals surface area contributed by atoms with E-state index < -0.39 is 0 Å². The number of nitrogens with zero attached hydrogens (tertiary/aromatic N) is 1. The molecule has 1 aromatic carbocycles. The van der Waals surface area contributed by atoms with Gasteiger partial charge in [0.25, 0.3) is 0 Å². The van der Waals surface area contributed by atoms with Gasteiger partial charge >= 0.3 is 0 Å². The van der Waals surface area contributed by atoms with Crippen molar-refractivity contribution in [2.24, 2.45) is 4.99 Å². The van der Waals surface area contributed by atoms with Crippen molar-refractivity contribution in [3.05, 3.63) is 42.1 Å². The first-order valence-electron chi connectivity index (χ1n) is 4.99. The van der Waals surface area contributed by atoms with E-state index in [4.69, 9.17) is 0 Å². The van der Waals surface area contributed by atoms with Gasteiger partial charge in [-0.25, -0.2) is 0 Å². The number of benzene rings is 1. The SMILES string of the molecule is CSC1=NCCC(Nc2ccccc2)=C1. The van der Waals surface area contributed by atoms with Gasteiger partial charge in [-0.3, -0.25) is 4.99 Å². The van der Waals surface area contributed by atoms with E-state index in [1.165, 1.54) is 5.70 Å². The van der Waals surface area contributed by atoms with Crippen molar-refractivity contribution in [2.45, 2.75) is 6.42 Å². The van der Waals surface area contributed by atoms with E-state index in [-0.39, 0.29) is 0 Å². The molecular formula is C12H14N2S. The smallest absolute Gasteiger partial charge is 0.0919 e. The molecule has 78 valence electrons. The largest absolute Gasteiger partial charge is 0.359 e. The Morgan fingerprint density at radius 2 is 2.07 bits per heavy atom. The third-order valence-corrected chi connectivity index (χ3v) is 2.90. The first kappa shape index (κ1) is 10.3.